The Balaban J connectivity index is 1.79. The maximum Gasteiger partial charge on any atom is 0.128 e. The molecule has 0 saturated heterocycles. The number of hydrogen-bond donors (Lipinski definition) is 1. The van der Waals surface area contributed by atoms with Gasteiger partial charge in [0.1, 0.15) is 5.82 Å². The predicted molar refractivity (Wildman–Crippen MR) is 80.7 cm³/mol. The Kier molecular flexibility index (Phi) is 3.75. The lowest BCUT2D eigenvalue weighted by molar-refractivity contribution is 0.402. The van der Waals surface area contributed by atoms with E-state index in [-0.39, 0.29) is 5.82 Å². The average molecular weight is 271 g/mol. The van der Waals surface area contributed by atoms with Gasteiger partial charge in [0.15, 0.2) is 0 Å². The second kappa shape index (κ2) is 5.53. The predicted octanol–water partition coefficient (Wildman–Crippen LogP) is 4.45. The van der Waals surface area contributed by atoms with Gasteiger partial charge in [-0.05, 0) is 36.8 Å². The van der Waals surface area contributed by atoms with E-state index in [1.807, 2.05) is 12.1 Å². The molecule has 2 aliphatic rings. The van der Waals surface area contributed by atoms with Gasteiger partial charge in [-0.1, -0.05) is 55.7 Å². The van der Waals surface area contributed by atoms with Crippen LogP contribution in [0.5, 0.6) is 0 Å². The van der Waals surface area contributed by atoms with Gasteiger partial charge < -0.3 is 5.73 Å². The van der Waals surface area contributed by atoms with Gasteiger partial charge in [0.2, 0.25) is 0 Å². The molecular weight excluding hydrogens is 249 g/mol. The zero-order valence-corrected chi connectivity index (χ0v) is 11.8. The zero-order chi connectivity index (χ0) is 14.0. The Morgan fingerprint density at radius 3 is 2.50 bits per heavy atom. The Bertz CT molecular complexity index is 540. The minimum atomic E-state index is -0.691. The van der Waals surface area contributed by atoms with Gasteiger partial charge in [0, 0.05) is 5.56 Å². The molecule has 2 N–H and O–H groups in total. The number of benzene rings is 1. The first-order chi connectivity index (χ1) is 9.69. The van der Waals surface area contributed by atoms with Crippen molar-refractivity contribution in [2.75, 3.05) is 0 Å². The number of halogens is 1. The molecule has 1 atom stereocenters. The summed E-state index contributed by atoms with van der Waals surface area (Å²) in [6.45, 7) is 0. The minimum absolute atomic E-state index is 0.214. The molecule has 0 aliphatic heterocycles. The largest absolute Gasteiger partial charge is 0.318 e. The van der Waals surface area contributed by atoms with E-state index in [2.05, 4.69) is 12.2 Å². The molecule has 1 aromatic rings. The van der Waals surface area contributed by atoms with E-state index in [0.29, 0.717) is 17.9 Å². The number of allylic oxidation sites excluding steroid dienone is 2. The van der Waals surface area contributed by atoms with Gasteiger partial charge in [-0.3, -0.25) is 0 Å². The fraction of sp³-hybridized carbons (Fsp3) is 0.444. The standard InChI is InChI=1S/C18H22FN/c19-17-9-5-4-8-16(17)18(20)12-10-15(11-13-18)14-6-2-1-3-7-14/h4-5,8-12,14H,1-3,6-7,13,20H2. The summed E-state index contributed by atoms with van der Waals surface area (Å²) in [4.78, 5) is 0. The van der Waals surface area contributed by atoms with Crippen LogP contribution in [-0.4, -0.2) is 0 Å². The Morgan fingerprint density at radius 1 is 1.10 bits per heavy atom. The molecule has 2 heteroatoms. The van der Waals surface area contributed by atoms with Crippen molar-refractivity contribution in [3.05, 3.63) is 59.4 Å². The second-order valence-electron chi connectivity index (χ2n) is 6.10. The quantitative estimate of drug-likeness (QED) is 0.845. The molecule has 0 spiro atoms. The number of nitrogens with two attached hydrogens (primary N) is 1. The van der Waals surface area contributed by atoms with Crippen molar-refractivity contribution in [3.8, 4) is 0 Å². The molecular formula is C18H22FN. The van der Waals surface area contributed by atoms with Gasteiger partial charge in [-0.2, -0.15) is 0 Å². The van der Waals surface area contributed by atoms with Crippen LogP contribution in [0, 0.1) is 11.7 Å². The molecule has 0 bridgehead atoms. The molecule has 1 saturated carbocycles. The van der Waals surface area contributed by atoms with Crippen LogP contribution in [0.4, 0.5) is 4.39 Å². The minimum Gasteiger partial charge on any atom is -0.318 e. The summed E-state index contributed by atoms with van der Waals surface area (Å²) in [7, 11) is 0. The third kappa shape index (κ3) is 2.57. The summed E-state index contributed by atoms with van der Waals surface area (Å²) in [6, 6.07) is 6.83. The van der Waals surface area contributed by atoms with E-state index in [0.717, 1.165) is 0 Å². The molecule has 1 nitrogen and oxygen atoms in total. The molecule has 1 unspecified atom stereocenters. The van der Waals surface area contributed by atoms with Crippen molar-refractivity contribution in [2.45, 2.75) is 44.1 Å². The van der Waals surface area contributed by atoms with E-state index < -0.39 is 5.54 Å². The summed E-state index contributed by atoms with van der Waals surface area (Å²) in [5.74, 6) is 0.472. The Morgan fingerprint density at radius 2 is 1.85 bits per heavy atom. The van der Waals surface area contributed by atoms with Gasteiger partial charge in [-0.15, -0.1) is 0 Å². The van der Waals surface area contributed by atoms with E-state index >= 15 is 0 Å². The first kappa shape index (κ1) is 13.6. The maximum absolute atomic E-state index is 13.9. The van der Waals surface area contributed by atoms with Crippen molar-refractivity contribution < 1.29 is 4.39 Å². The lowest BCUT2D eigenvalue weighted by Gasteiger charge is -2.31. The summed E-state index contributed by atoms with van der Waals surface area (Å²) >= 11 is 0. The molecule has 106 valence electrons. The average Bonchev–Trinajstić information content (AvgIpc) is 2.49. The first-order valence-electron chi connectivity index (χ1n) is 7.62. The highest BCUT2D eigenvalue weighted by Gasteiger charge is 2.29. The topological polar surface area (TPSA) is 26.0 Å². The number of rotatable bonds is 2. The zero-order valence-electron chi connectivity index (χ0n) is 11.8. The summed E-state index contributed by atoms with van der Waals surface area (Å²) in [5.41, 5.74) is 7.71. The van der Waals surface area contributed by atoms with Crippen molar-refractivity contribution in [1.29, 1.82) is 0 Å². The normalized spacial score (nSPS) is 27.4. The van der Waals surface area contributed by atoms with Crippen molar-refractivity contribution in [3.63, 3.8) is 0 Å². The van der Waals surface area contributed by atoms with Crippen LogP contribution in [0.3, 0.4) is 0 Å². The van der Waals surface area contributed by atoms with Crippen LogP contribution in [0.25, 0.3) is 0 Å². The fourth-order valence-corrected chi connectivity index (χ4v) is 3.44. The van der Waals surface area contributed by atoms with Crippen LogP contribution in [0.2, 0.25) is 0 Å². The maximum atomic E-state index is 13.9. The van der Waals surface area contributed by atoms with Crippen LogP contribution in [0.1, 0.15) is 44.1 Å². The molecule has 1 fully saturated rings. The second-order valence-corrected chi connectivity index (χ2v) is 6.10. The Labute approximate surface area is 120 Å². The molecule has 2 aliphatic carbocycles. The molecule has 0 radical (unpaired) electrons. The van der Waals surface area contributed by atoms with E-state index in [4.69, 9.17) is 5.73 Å². The highest BCUT2D eigenvalue weighted by molar-refractivity contribution is 5.39. The molecule has 0 aromatic heterocycles. The first-order valence-corrected chi connectivity index (χ1v) is 7.62. The highest BCUT2D eigenvalue weighted by Crippen LogP contribution is 2.36. The molecule has 0 heterocycles. The summed E-state index contributed by atoms with van der Waals surface area (Å²) in [6.07, 6.45) is 13.6. The van der Waals surface area contributed by atoms with Crippen molar-refractivity contribution >= 4 is 0 Å². The highest BCUT2D eigenvalue weighted by atomic mass is 19.1. The molecule has 1 aromatic carbocycles. The third-order valence-corrected chi connectivity index (χ3v) is 4.70. The lowest BCUT2D eigenvalue weighted by Crippen LogP contribution is -2.36. The van der Waals surface area contributed by atoms with Gasteiger partial charge >= 0.3 is 0 Å². The fourth-order valence-electron chi connectivity index (χ4n) is 3.44. The summed E-state index contributed by atoms with van der Waals surface area (Å²) < 4.78 is 13.9. The van der Waals surface area contributed by atoms with Crippen molar-refractivity contribution in [2.24, 2.45) is 11.7 Å². The molecule has 3 rings (SSSR count). The SMILES string of the molecule is NC1(c2ccccc2F)C=CC(C2CCCCC2)=CC1. The van der Waals surface area contributed by atoms with Gasteiger partial charge in [0.05, 0.1) is 5.54 Å². The van der Waals surface area contributed by atoms with Gasteiger partial charge in [-0.25, -0.2) is 4.39 Å². The van der Waals surface area contributed by atoms with Gasteiger partial charge in [0.25, 0.3) is 0 Å². The van der Waals surface area contributed by atoms with Crippen LogP contribution >= 0.6 is 0 Å². The monoisotopic (exact) mass is 271 g/mol. The smallest absolute Gasteiger partial charge is 0.128 e. The number of hydrogen-bond acceptors (Lipinski definition) is 1. The van der Waals surface area contributed by atoms with Crippen molar-refractivity contribution in [1.82, 2.24) is 0 Å². The van der Waals surface area contributed by atoms with Crippen LogP contribution in [-0.2, 0) is 5.54 Å². The van der Waals surface area contributed by atoms with Crippen LogP contribution in [0.15, 0.2) is 48.1 Å². The molecule has 0 amide bonds. The lowest BCUT2D eigenvalue weighted by atomic mass is 9.77. The molecule has 20 heavy (non-hydrogen) atoms. The van der Waals surface area contributed by atoms with E-state index in [1.165, 1.54) is 43.7 Å². The third-order valence-electron chi connectivity index (χ3n) is 4.70. The summed E-state index contributed by atoms with van der Waals surface area (Å²) in [5, 5.41) is 0. The van der Waals surface area contributed by atoms with E-state index in [9.17, 15) is 4.39 Å². The Hall–Kier alpha value is -1.41. The van der Waals surface area contributed by atoms with Crippen LogP contribution < -0.4 is 5.73 Å². The van der Waals surface area contributed by atoms with E-state index in [1.54, 1.807) is 12.1 Å².